The highest BCUT2D eigenvalue weighted by molar-refractivity contribution is 6.71. The summed E-state index contributed by atoms with van der Waals surface area (Å²) in [4.78, 5) is 12.5. The zero-order valence-corrected chi connectivity index (χ0v) is 12.3. The molecular formula is C14H24O2Si. The van der Waals surface area contributed by atoms with E-state index in [1.807, 2.05) is 0 Å². The van der Waals surface area contributed by atoms with Gasteiger partial charge in [-0.2, -0.15) is 0 Å². The fourth-order valence-electron chi connectivity index (χ4n) is 4.75. The molecule has 0 amide bonds. The third-order valence-electron chi connectivity index (χ3n) is 4.87. The lowest BCUT2D eigenvalue weighted by Crippen LogP contribution is -2.52. The van der Waals surface area contributed by atoms with Crippen molar-refractivity contribution in [2.45, 2.75) is 58.2 Å². The molecule has 4 aliphatic carbocycles. The third-order valence-corrected chi connectivity index (χ3v) is 5.67. The molecule has 96 valence electrons. The molecule has 0 aromatic heterocycles. The molecule has 0 heterocycles. The molecular weight excluding hydrogens is 228 g/mol. The van der Waals surface area contributed by atoms with Crippen molar-refractivity contribution < 1.29 is 9.22 Å². The highest BCUT2D eigenvalue weighted by Crippen LogP contribution is 2.60. The van der Waals surface area contributed by atoms with Crippen LogP contribution in [0.2, 0.25) is 19.6 Å². The fourth-order valence-corrected chi connectivity index (χ4v) is 5.52. The van der Waals surface area contributed by atoms with Gasteiger partial charge in [0.1, 0.15) is 0 Å². The van der Waals surface area contributed by atoms with Crippen molar-refractivity contribution in [3.8, 4) is 0 Å². The summed E-state index contributed by atoms with van der Waals surface area (Å²) >= 11 is 0. The smallest absolute Gasteiger partial charge is 0.298 e. The quantitative estimate of drug-likeness (QED) is 0.702. The summed E-state index contributed by atoms with van der Waals surface area (Å²) in [6, 6.07) is 0. The standard InChI is InChI=1S/C14H24O2Si/c1-17(2,3)16-13(15)14-7-10-4-11(8-14)6-12(5-10)9-14/h10-12H,4-9H2,1-3H3. The molecule has 2 nitrogen and oxygen atoms in total. The molecule has 0 aliphatic heterocycles. The molecule has 0 spiro atoms. The van der Waals surface area contributed by atoms with Gasteiger partial charge in [0.05, 0.1) is 5.41 Å². The van der Waals surface area contributed by atoms with Crippen molar-refractivity contribution >= 4 is 14.3 Å². The Labute approximate surface area is 105 Å². The lowest BCUT2D eigenvalue weighted by atomic mass is 9.49. The van der Waals surface area contributed by atoms with Crippen molar-refractivity contribution in [2.75, 3.05) is 0 Å². The monoisotopic (exact) mass is 252 g/mol. The van der Waals surface area contributed by atoms with Gasteiger partial charge in [-0.3, -0.25) is 4.79 Å². The molecule has 17 heavy (non-hydrogen) atoms. The number of carbonyl (C=O) groups is 1. The maximum absolute atomic E-state index is 12.5. The van der Waals surface area contributed by atoms with Gasteiger partial charge in [0.25, 0.3) is 5.97 Å². The molecule has 0 N–H and O–H groups in total. The molecule has 0 aromatic carbocycles. The van der Waals surface area contributed by atoms with Crippen molar-refractivity contribution in [1.82, 2.24) is 0 Å². The fraction of sp³-hybridized carbons (Fsp3) is 0.929. The Morgan fingerprint density at radius 2 is 1.41 bits per heavy atom. The maximum Gasteiger partial charge on any atom is 0.298 e. The number of hydrogen-bond acceptors (Lipinski definition) is 2. The normalized spacial score (nSPS) is 43.8. The van der Waals surface area contributed by atoms with Crippen molar-refractivity contribution in [3.63, 3.8) is 0 Å². The average molecular weight is 252 g/mol. The van der Waals surface area contributed by atoms with Gasteiger partial charge < -0.3 is 4.43 Å². The predicted octanol–water partition coefficient (Wildman–Crippen LogP) is 3.58. The Morgan fingerprint density at radius 3 is 1.76 bits per heavy atom. The van der Waals surface area contributed by atoms with E-state index < -0.39 is 8.32 Å². The molecule has 0 saturated heterocycles. The largest absolute Gasteiger partial charge is 0.519 e. The van der Waals surface area contributed by atoms with E-state index in [0.717, 1.165) is 37.0 Å². The van der Waals surface area contributed by atoms with E-state index in [1.165, 1.54) is 19.3 Å². The Bertz CT molecular complexity index is 307. The maximum atomic E-state index is 12.5. The highest BCUT2D eigenvalue weighted by Gasteiger charge is 2.55. The van der Waals surface area contributed by atoms with Gasteiger partial charge in [-0.05, 0) is 75.9 Å². The van der Waals surface area contributed by atoms with Crippen LogP contribution in [0, 0.1) is 23.2 Å². The Hall–Kier alpha value is -0.313. The zero-order valence-electron chi connectivity index (χ0n) is 11.3. The predicted molar refractivity (Wildman–Crippen MR) is 70.0 cm³/mol. The lowest BCUT2D eigenvalue weighted by Gasteiger charge is -2.55. The molecule has 0 aromatic rings. The van der Waals surface area contributed by atoms with E-state index in [4.69, 9.17) is 4.43 Å². The average Bonchev–Trinajstić information content (AvgIpc) is 2.12. The summed E-state index contributed by atoms with van der Waals surface area (Å²) in [7, 11) is -1.72. The first-order valence-corrected chi connectivity index (χ1v) is 10.5. The van der Waals surface area contributed by atoms with Crippen LogP contribution in [0.3, 0.4) is 0 Å². The van der Waals surface area contributed by atoms with Gasteiger partial charge in [-0.1, -0.05) is 0 Å². The lowest BCUT2D eigenvalue weighted by molar-refractivity contribution is -0.162. The molecule has 0 unspecified atom stereocenters. The summed E-state index contributed by atoms with van der Waals surface area (Å²) in [5, 5.41) is 0. The zero-order chi connectivity index (χ0) is 12.3. The van der Waals surface area contributed by atoms with Crippen LogP contribution in [0.1, 0.15) is 38.5 Å². The first-order chi connectivity index (χ1) is 7.86. The van der Waals surface area contributed by atoms with Crippen LogP contribution >= 0.6 is 0 Å². The van der Waals surface area contributed by atoms with Crippen LogP contribution in [-0.2, 0) is 9.22 Å². The minimum Gasteiger partial charge on any atom is -0.519 e. The summed E-state index contributed by atoms with van der Waals surface area (Å²) in [6.07, 6.45) is 7.55. The SMILES string of the molecule is C[Si](C)(C)OC(=O)C12CC3CC(CC(C3)C1)C2. The van der Waals surface area contributed by atoms with E-state index in [9.17, 15) is 4.79 Å². The molecule has 4 rings (SSSR count). The van der Waals surface area contributed by atoms with E-state index in [2.05, 4.69) is 19.6 Å². The topological polar surface area (TPSA) is 26.3 Å². The van der Waals surface area contributed by atoms with Crippen LogP contribution in [0.15, 0.2) is 0 Å². The highest BCUT2D eigenvalue weighted by atomic mass is 28.4. The van der Waals surface area contributed by atoms with Crippen molar-refractivity contribution in [3.05, 3.63) is 0 Å². The van der Waals surface area contributed by atoms with Crippen LogP contribution < -0.4 is 0 Å². The van der Waals surface area contributed by atoms with E-state index in [1.54, 1.807) is 0 Å². The summed E-state index contributed by atoms with van der Waals surface area (Å²) in [6.45, 7) is 6.35. The third kappa shape index (κ3) is 2.07. The second-order valence-corrected chi connectivity index (χ2v) is 12.1. The Morgan fingerprint density at radius 1 is 1.00 bits per heavy atom. The first-order valence-electron chi connectivity index (χ1n) is 7.10. The van der Waals surface area contributed by atoms with Gasteiger partial charge in [-0.25, -0.2) is 0 Å². The van der Waals surface area contributed by atoms with Crippen LogP contribution in [0.4, 0.5) is 0 Å². The van der Waals surface area contributed by atoms with Crippen LogP contribution in [0.25, 0.3) is 0 Å². The van der Waals surface area contributed by atoms with Crippen LogP contribution in [-0.4, -0.2) is 14.3 Å². The molecule has 4 saturated carbocycles. The Kier molecular flexibility index (Phi) is 2.49. The molecule has 0 atom stereocenters. The van der Waals surface area contributed by atoms with Crippen molar-refractivity contribution in [2.24, 2.45) is 23.2 Å². The molecule has 4 bridgehead atoms. The first kappa shape index (κ1) is 11.8. The number of rotatable bonds is 2. The van der Waals surface area contributed by atoms with Gasteiger partial charge in [0.2, 0.25) is 8.32 Å². The van der Waals surface area contributed by atoms with E-state index >= 15 is 0 Å². The summed E-state index contributed by atoms with van der Waals surface area (Å²) in [5.41, 5.74) is -0.0605. The van der Waals surface area contributed by atoms with Gasteiger partial charge in [-0.15, -0.1) is 0 Å². The Balaban J connectivity index is 1.80. The van der Waals surface area contributed by atoms with Gasteiger partial charge >= 0.3 is 0 Å². The molecule has 4 aliphatic rings. The minimum atomic E-state index is -1.72. The van der Waals surface area contributed by atoms with Crippen LogP contribution in [0.5, 0.6) is 0 Å². The second-order valence-electron chi connectivity index (χ2n) is 7.70. The molecule has 4 fully saturated rings. The summed E-state index contributed by atoms with van der Waals surface area (Å²) in [5.74, 6) is 2.65. The van der Waals surface area contributed by atoms with E-state index in [0.29, 0.717) is 0 Å². The number of hydrogen-bond donors (Lipinski definition) is 0. The van der Waals surface area contributed by atoms with Crippen molar-refractivity contribution in [1.29, 1.82) is 0 Å². The second kappa shape index (κ2) is 3.59. The molecule has 0 radical (unpaired) electrons. The molecule has 3 heteroatoms. The van der Waals surface area contributed by atoms with Gasteiger partial charge in [0, 0.05) is 0 Å². The van der Waals surface area contributed by atoms with E-state index in [-0.39, 0.29) is 11.4 Å². The van der Waals surface area contributed by atoms with Gasteiger partial charge in [0.15, 0.2) is 0 Å². The minimum absolute atomic E-state index is 0.0605. The summed E-state index contributed by atoms with van der Waals surface area (Å²) < 4.78 is 5.82. The number of carbonyl (C=O) groups excluding carboxylic acids is 1.